The first-order valence-corrected chi connectivity index (χ1v) is 7.96. The molecule has 19 heavy (non-hydrogen) atoms. The van der Waals surface area contributed by atoms with Gasteiger partial charge in [0.1, 0.15) is 10.6 Å². The molecule has 102 valence electrons. The summed E-state index contributed by atoms with van der Waals surface area (Å²) in [5.74, 6) is 0.694. The number of alkyl halides is 1. The van der Waals surface area contributed by atoms with E-state index in [0.717, 1.165) is 17.3 Å². The largest absolute Gasteiger partial charge is 0.427 e. The lowest BCUT2D eigenvalue weighted by Crippen LogP contribution is -2.37. The standard InChI is InChI=1S/C13H14BrNO3S/c1-9(16)18-11-4-2-10(3-5-11)13(6-7-14)15-12(17)8-19-13/h2-5H,6-8H2,1H3,(H,15,17). The maximum absolute atomic E-state index is 11.5. The Balaban J connectivity index is 2.23. The third-order valence-corrected chi connectivity index (χ3v) is 4.66. The average molecular weight is 344 g/mol. The number of thioether (sulfide) groups is 1. The summed E-state index contributed by atoms with van der Waals surface area (Å²) in [4.78, 5) is 22.0. The molecule has 1 amide bonds. The number of halogens is 1. The third-order valence-electron chi connectivity index (χ3n) is 2.82. The minimum absolute atomic E-state index is 0.0509. The van der Waals surface area contributed by atoms with E-state index < -0.39 is 0 Å². The Kier molecular flexibility index (Phi) is 4.52. The molecule has 1 unspecified atom stereocenters. The van der Waals surface area contributed by atoms with E-state index in [0.29, 0.717) is 11.5 Å². The molecule has 1 N–H and O–H groups in total. The molecule has 4 nitrogen and oxygen atoms in total. The Labute approximate surface area is 124 Å². The number of benzene rings is 1. The fraction of sp³-hybridized carbons (Fsp3) is 0.385. The number of rotatable bonds is 4. The molecule has 1 atom stereocenters. The van der Waals surface area contributed by atoms with Gasteiger partial charge in [0.25, 0.3) is 0 Å². The Bertz CT molecular complexity index is 491. The number of amides is 1. The van der Waals surface area contributed by atoms with Gasteiger partial charge in [-0.2, -0.15) is 0 Å². The monoisotopic (exact) mass is 343 g/mol. The molecule has 1 aliphatic heterocycles. The summed E-state index contributed by atoms with van der Waals surface area (Å²) in [7, 11) is 0. The predicted octanol–water partition coefficient (Wildman–Crippen LogP) is 2.41. The Morgan fingerprint density at radius 2 is 2.16 bits per heavy atom. The molecule has 0 aromatic heterocycles. The van der Waals surface area contributed by atoms with Crippen LogP contribution in [0.25, 0.3) is 0 Å². The quantitative estimate of drug-likeness (QED) is 0.518. The zero-order valence-electron chi connectivity index (χ0n) is 10.4. The van der Waals surface area contributed by atoms with E-state index in [4.69, 9.17) is 4.74 Å². The molecule has 6 heteroatoms. The summed E-state index contributed by atoms with van der Waals surface area (Å²) in [6.07, 6.45) is 0.802. The fourth-order valence-electron chi connectivity index (χ4n) is 2.01. The second-order valence-corrected chi connectivity index (χ2v) is 6.29. The molecule has 0 radical (unpaired) electrons. The predicted molar refractivity (Wildman–Crippen MR) is 78.4 cm³/mol. The van der Waals surface area contributed by atoms with Gasteiger partial charge in [0.15, 0.2) is 0 Å². The average Bonchev–Trinajstić information content (AvgIpc) is 2.72. The van der Waals surface area contributed by atoms with Crippen LogP contribution in [0.15, 0.2) is 24.3 Å². The summed E-state index contributed by atoms with van der Waals surface area (Å²) in [6, 6.07) is 7.27. The number of carbonyl (C=O) groups excluding carboxylic acids is 2. The van der Waals surface area contributed by atoms with Crippen LogP contribution in [0.5, 0.6) is 5.75 Å². The molecular formula is C13H14BrNO3S. The highest BCUT2D eigenvalue weighted by Crippen LogP contribution is 2.41. The molecule has 0 saturated carbocycles. The van der Waals surface area contributed by atoms with Crippen molar-refractivity contribution in [1.82, 2.24) is 5.32 Å². The van der Waals surface area contributed by atoms with Crippen LogP contribution in [0.1, 0.15) is 18.9 Å². The smallest absolute Gasteiger partial charge is 0.308 e. The maximum Gasteiger partial charge on any atom is 0.308 e. The minimum Gasteiger partial charge on any atom is -0.427 e. The van der Waals surface area contributed by atoms with E-state index in [9.17, 15) is 9.59 Å². The molecule has 0 bridgehead atoms. The van der Waals surface area contributed by atoms with Gasteiger partial charge < -0.3 is 10.1 Å². The van der Waals surface area contributed by atoms with Crippen molar-refractivity contribution >= 4 is 39.6 Å². The first kappa shape index (κ1) is 14.4. The van der Waals surface area contributed by atoms with E-state index in [1.165, 1.54) is 6.92 Å². The van der Waals surface area contributed by atoms with E-state index in [1.54, 1.807) is 23.9 Å². The van der Waals surface area contributed by atoms with Crippen molar-refractivity contribution in [2.24, 2.45) is 0 Å². The van der Waals surface area contributed by atoms with Gasteiger partial charge in [0.05, 0.1) is 5.75 Å². The SMILES string of the molecule is CC(=O)Oc1ccc(C2(CCBr)NC(=O)CS2)cc1. The van der Waals surface area contributed by atoms with Crippen LogP contribution in [0, 0.1) is 0 Å². The minimum atomic E-state index is -0.380. The van der Waals surface area contributed by atoms with Crippen molar-refractivity contribution in [3.05, 3.63) is 29.8 Å². The van der Waals surface area contributed by atoms with Crippen molar-refractivity contribution in [3.63, 3.8) is 0 Å². The molecule has 2 rings (SSSR count). The Morgan fingerprint density at radius 1 is 1.47 bits per heavy atom. The molecule has 1 aromatic carbocycles. The number of esters is 1. The lowest BCUT2D eigenvalue weighted by atomic mass is 10.0. The molecule has 1 fully saturated rings. The third kappa shape index (κ3) is 3.30. The van der Waals surface area contributed by atoms with E-state index in [1.807, 2.05) is 12.1 Å². The van der Waals surface area contributed by atoms with Crippen LogP contribution in [0.2, 0.25) is 0 Å². The van der Waals surface area contributed by atoms with E-state index in [-0.39, 0.29) is 16.7 Å². The molecule has 1 aromatic rings. The van der Waals surface area contributed by atoms with Gasteiger partial charge in [0, 0.05) is 12.3 Å². The summed E-state index contributed by atoms with van der Waals surface area (Å²) >= 11 is 5.02. The number of carbonyl (C=O) groups is 2. The van der Waals surface area contributed by atoms with Crippen LogP contribution in [0.3, 0.4) is 0 Å². The Morgan fingerprint density at radius 3 is 2.63 bits per heavy atom. The number of ether oxygens (including phenoxy) is 1. The van der Waals surface area contributed by atoms with Crippen molar-refractivity contribution in [2.45, 2.75) is 18.2 Å². The van der Waals surface area contributed by atoms with Gasteiger partial charge in [0.2, 0.25) is 5.91 Å². The molecule has 1 aliphatic rings. The fourth-order valence-corrected chi connectivity index (χ4v) is 4.05. The normalized spacial score (nSPS) is 22.1. The lowest BCUT2D eigenvalue weighted by Gasteiger charge is -2.28. The van der Waals surface area contributed by atoms with Crippen LogP contribution in [0.4, 0.5) is 0 Å². The molecular weight excluding hydrogens is 330 g/mol. The summed E-state index contributed by atoms with van der Waals surface area (Å²) in [6.45, 7) is 1.37. The van der Waals surface area contributed by atoms with Crippen LogP contribution < -0.4 is 10.1 Å². The Hall–Kier alpha value is -1.01. The van der Waals surface area contributed by atoms with Gasteiger partial charge in [-0.1, -0.05) is 28.1 Å². The van der Waals surface area contributed by atoms with Gasteiger partial charge in [-0.05, 0) is 24.1 Å². The molecule has 1 heterocycles. The van der Waals surface area contributed by atoms with Gasteiger partial charge in [-0.25, -0.2) is 0 Å². The van der Waals surface area contributed by atoms with Gasteiger partial charge >= 0.3 is 5.97 Å². The highest BCUT2D eigenvalue weighted by atomic mass is 79.9. The first-order valence-electron chi connectivity index (χ1n) is 5.86. The van der Waals surface area contributed by atoms with Crippen LogP contribution >= 0.6 is 27.7 Å². The first-order chi connectivity index (χ1) is 9.05. The highest BCUT2D eigenvalue weighted by Gasteiger charge is 2.39. The summed E-state index contributed by atoms with van der Waals surface area (Å²) in [5, 5.41) is 3.83. The number of hydrogen-bond donors (Lipinski definition) is 1. The topological polar surface area (TPSA) is 55.4 Å². The van der Waals surface area contributed by atoms with Crippen molar-refractivity contribution in [3.8, 4) is 5.75 Å². The zero-order chi connectivity index (χ0) is 13.9. The second kappa shape index (κ2) is 5.96. The second-order valence-electron chi connectivity index (χ2n) is 4.22. The highest BCUT2D eigenvalue weighted by molar-refractivity contribution is 9.09. The zero-order valence-corrected chi connectivity index (χ0v) is 12.8. The van der Waals surface area contributed by atoms with Crippen LogP contribution in [-0.4, -0.2) is 23.0 Å². The molecule has 0 aliphatic carbocycles. The van der Waals surface area contributed by atoms with Crippen molar-refractivity contribution < 1.29 is 14.3 Å². The number of hydrogen-bond acceptors (Lipinski definition) is 4. The lowest BCUT2D eigenvalue weighted by molar-refractivity contribution is -0.131. The summed E-state index contributed by atoms with van der Waals surface area (Å²) in [5.41, 5.74) is 1.01. The van der Waals surface area contributed by atoms with Crippen molar-refractivity contribution in [2.75, 3.05) is 11.1 Å². The van der Waals surface area contributed by atoms with E-state index in [2.05, 4.69) is 21.2 Å². The van der Waals surface area contributed by atoms with Crippen LogP contribution in [-0.2, 0) is 14.5 Å². The van der Waals surface area contributed by atoms with Gasteiger partial charge in [-0.3, -0.25) is 9.59 Å². The molecule has 0 spiro atoms. The summed E-state index contributed by atoms with van der Waals surface area (Å²) < 4.78 is 5.00. The number of nitrogens with one attached hydrogen (secondary N) is 1. The maximum atomic E-state index is 11.5. The van der Waals surface area contributed by atoms with E-state index >= 15 is 0 Å². The van der Waals surface area contributed by atoms with Crippen molar-refractivity contribution in [1.29, 1.82) is 0 Å². The molecule has 1 saturated heterocycles. The van der Waals surface area contributed by atoms with Gasteiger partial charge in [-0.15, -0.1) is 11.8 Å².